The fraction of sp³-hybridized carbons (Fsp3) is 0.357. The molecule has 2 aromatic rings. The summed E-state index contributed by atoms with van der Waals surface area (Å²) in [6, 6.07) is 5.17. The van der Waals surface area contributed by atoms with Crippen LogP contribution in [0.3, 0.4) is 0 Å². The van der Waals surface area contributed by atoms with Gasteiger partial charge in [0.2, 0.25) is 0 Å². The summed E-state index contributed by atoms with van der Waals surface area (Å²) in [5.74, 6) is 4.54. The fourth-order valence-corrected chi connectivity index (χ4v) is 3.13. The third-order valence-corrected chi connectivity index (χ3v) is 4.59. The third kappa shape index (κ3) is 2.67. The largest absolute Gasteiger partial charge is 0.300 e. The van der Waals surface area contributed by atoms with Crippen LogP contribution in [0.4, 0.5) is 4.39 Å². The van der Waals surface area contributed by atoms with Gasteiger partial charge in [-0.15, -0.1) is 11.3 Å². The van der Waals surface area contributed by atoms with Crippen LogP contribution in [0.2, 0.25) is 0 Å². The summed E-state index contributed by atoms with van der Waals surface area (Å²) < 4.78 is 14.9. The summed E-state index contributed by atoms with van der Waals surface area (Å²) in [4.78, 5) is 14.4. The van der Waals surface area contributed by atoms with Crippen LogP contribution in [0.1, 0.15) is 29.1 Å². The lowest BCUT2D eigenvalue weighted by molar-refractivity contribution is 0.0956. The number of hydrogen-bond acceptors (Lipinski definition) is 4. The Balaban J connectivity index is 2.60. The average Bonchev–Trinajstić information content (AvgIpc) is 2.78. The van der Waals surface area contributed by atoms with E-state index in [0.29, 0.717) is 28.4 Å². The Bertz CT molecular complexity index is 639. The molecule has 0 aliphatic carbocycles. The van der Waals surface area contributed by atoms with Gasteiger partial charge in [-0.2, -0.15) is 0 Å². The zero-order valence-electron chi connectivity index (χ0n) is 11.7. The molecule has 0 fully saturated rings. The van der Waals surface area contributed by atoms with Crippen molar-refractivity contribution in [1.82, 2.24) is 10.3 Å². The van der Waals surface area contributed by atoms with Gasteiger partial charge in [-0.3, -0.25) is 15.1 Å². The van der Waals surface area contributed by atoms with Gasteiger partial charge >= 0.3 is 0 Å². The summed E-state index contributed by atoms with van der Waals surface area (Å²) in [6.07, 6.45) is 0. The zero-order valence-corrected chi connectivity index (χ0v) is 12.6. The van der Waals surface area contributed by atoms with E-state index >= 15 is 0 Å². The van der Waals surface area contributed by atoms with Gasteiger partial charge in [0.05, 0.1) is 4.88 Å². The van der Waals surface area contributed by atoms with Gasteiger partial charge in [0.25, 0.3) is 5.91 Å². The Morgan fingerprint density at radius 2 is 2.20 bits per heavy atom. The van der Waals surface area contributed by atoms with Crippen molar-refractivity contribution in [2.75, 3.05) is 7.05 Å². The molecule has 6 heteroatoms. The van der Waals surface area contributed by atoms with E-state index in [1.807, 2.05) is 27.0 Å². The van der Waals surface area contributed by atoms with Crippen molar-refractivity contribution in [2.24, 2.45) is 5.84 Å². The quantitative estimate of drug-likeness (QED) is 0.517. The van der Waals surface area contributed by atoms with E-state index in [4.69, 9.17) is 5.84 Å². The molecule has 0 saturated carbocycles. The highest BCUT2D eigenvalue weighted by Crippen LogP contribution is 2.34. The molecule has 0 aliphatic heterocycles. The maximum absolute atomic E-state index is 14.1. The number of benzene rings is 1. The van der Waals surface area contributed by atoms with Crippen molar-refractivity contribution >= 4 is 27.3 Å². The van der Waals surface area contributed by atoms with Gasteiger partial charge in [-0.1, -0.05) is 6.07 Å². The SMILES string of the molecule is CC(C)N(C)Cc1c(C(=O)NN)sc2cccc(F)c12. The Hall–Kier alpha value is -1.50. The van der Waals surface area contributed by atoms with Gasteiger partial charge in [-0.25, -0.2) is 10.2 Å². The highest BCUT2D eigenvalue weighted by atomic mass is 32.1. The van der Waals surface area contributed by atoms with Gasteiger partial charge in [0, 0.05) is 28.2 Å². The number of hydrogen-bond donors (Lipinski definition) is 2. The Morgan fingerprint density at radius 3 is 2.80 bits per heavy atom. The zero-order chi connectivity index (χ0) is 14.9. The van der Waals surface area contributed by atoms with E-state index in [1.165, 1.54) is 17.4 Å². The molecule has 0 spiro atoms. The molecule has 1 amide bonds. The number of carbonyl (C=O) groups is 1. The monoisotopic (exact) mass is 295 g/mol. The molecule has 0 atom stereocenters. The minimum atomic E-state index is -0.377. The first-order valence-corrected chi connectivity index (χ1v) is 7.18. The molecule has 108 valence electrons. The fourth-order valence-electron chi connectivity index (χ4n) is 2.00. The first-order chi connectivity index (χ1) is 9.45. The van der Waals surface area contributed by atoms with E-state index in [-0.39, 0.29) is 11.7 Å². The third-order valence-electron chi connectivity index (χ3n) is 3.39. The summed E-state index contributed by atoms with van der Waals surface area (Å²) in [6.45, 7) is 4.60. The normalized spacial score (nSPS) is 11.6. The molecule has 0 saturated heterocycles. The molecule has 0 unspecified atom stereocenters. The molecule has 0 bridgehead atoms. The van der Waals surface area contributed by atoms with Gasteiger partial charge in [0.15, 0.2) is 0 Å². The molecule has 4 nitrogen and oxygen atoms in total. The second kappa shape index (κ2) is 5.87. The number of halogens is 1. The summed E-state index contributed by atoms with van der Waals surface area (Å²) in [7, 11) is 1.94. The summed E-state index contributed by atoms with van der Waals surface area (Å²) in [5, 5.41) is 0.517. The lowest BCUT2D eigenvalue weighted by atomic mass is 10.1. The second-order valence-corrected chi connectivity index (χ2v) is 6.06. The standard InChI is InChI=1S/C14H18FN3OS/c1-8(2)18(3)7-9-12-10(15)5-4-6-11(12)20-13(9)14(19)17-16/h4-6,8H,7,16H2,1-3H3,(H,17,19). The molecule has 0 aliphatic rings. The van der Waals surface area contributed by atoms with Gasteiger partial charge < -0.3 is 0 Å². The van der Waals surface area contributed by atoms with Crippen LogP contribution in [-0.2, 0) is 6.54 Å². The topological polar surface area (TPSA) is 58.4 Å². The number of nitrogen functional groups attached to an aromatic ring is 1. The molecule has 2 rings (SSSR count). The molecule has 1 heterocycles. The first kappa shape index (κ1) is 14.9. The molecule has 20 heavy (non-hydrogen) atoms. The van der Waals surface area contributed by atoms with E-state index < -0.39 is 0 Å². The molecule has 3 N–H and O–H groups in total. The highest BCUT2D eigenvalue weighted by Gasteiger charge is 2.21. The Labute approximate surface area is 121 Å². The van der Waals surface area contributed by atoms with Crippen molar-refractivity contribution in [2.45, 2.75) is 26.4 Å². The molecule has 0 radical (unpaired) electrons. The van der Waals surface area contributed by atoms with Crippen LogP contribution < -0.4 is 11.3 Å². The highest BCUT2D eigenvalue weighted by molar-refractivity contribution is 7.21. The van der Waals surface area contributed by atoms with Gasteiger partial charge in [-0.05, 0) is 33.0 Å². The molecule has 1 aromatic carbocycles. The number of nitrogens with one attached hydrogen (secondary N) is 1. The second-order valence-electron chi connectivity index (χ2n) is 5.01. The number of thiophene rings is 1. The smallest absolute Gasteiger partial charge is 0.275 e. The predicted molar refractivity (Wildman–Crippen MR) is 80.0 cm³/mol. The van der Waals surface area contributed by atoms with E-state index in [2.05, 4.69) is 10.3 Å². The van der Waals surface area contributed by atoms with Crippen LogP contribution in [0.5, 0.6) is 0 Å². The maximum Gasteiger partial charge on any atom is 0.275 e. The van der Waals surface area contributed by atoms with Crippen LogP contribution in [-0.4, -0.2) is 23.9 Å². The lowest BCUT2D eigenvalue weighted by Gasteiger charge is -2.21. The Kier molecular flexibility index (Phi) is 4.37. The van der Waals surface area contributed by atoms with E-state index in [0.717, 1.165) is 4.70 Å². The maximum atomic E-state index is 14.1. The minimum Gasteiger partial charge on any atom is -0.300 e. The molecule has 1 aromatic heterocycles. The number of hydrazine groups is 1. The summed E-state index contributed by atoms with van der Waals surface area (Å²) in [5.41, 5.74) is 2.83. The number of amides is 1. The van der Waals surface area contributed by atoms with Crippen LogP contribution in [0.15, 0.2) is 18.2 Å². The van der Waals surface area contributed by atoms with Crippen LogP contribution in [0, 0.1) is 5.82 Å². The van der Waals surface area contributed by atoms with E-state index in [9.17, 15) is 9.18 Å². The first-order valence-electron chi connectivity index (χ1n) is 6.36. The van der Waals surface area contributed by atoms with Crippen molar-refractivity contribution in [3.63, 3.8) is 0 Å². The number of nitrogens with zero attached hydrogens (tertiary/aromatic N) is 1. The number of rotatable bonds is 4. The van der Waals surface area contributed by atoms with Gasteiger partial charge in [0.1, 0.15) is 5.82 Å². The van der Waals surface area contributed by atoms with Crippen molar-refractivity contribution < 1.29 is 9.18 Å². The molecular formula is C14H18FN3OS. The minimum absolute atomic E-state index is 0.297. The van der Waals surface area contributed by atoms with Crippen molar-refractivity contribution in [3.05, 3.63) is 34.5 Å². The number of carbonyl (C=O) groups excluding carboxylic acids is 1. The number of fused-ring (bicyclic) bond motifs is 1. The summed E-state index contributed by atoms with van der Waals surface area (Å²) >= 11 is 1.27. The van der Waals surface area contributed by atoms with Crippen molar-refractivity contribution in [1.29, 1.82) is 0 Å². The van der Waals surface area contributed by atoms with Crippen LogP contribution in [0.25, 0.3) is 10.1 Å². The lowest BCUT2D eigenvalue weighted by Crippen LogP contribution is -2.31. The molecular weight excluding hydrogens is 277 g/mol. The predicted octanol–water partition coefficient (Wildman–Crippen LogP) is 2.48. The Morgan fingerprint density at radius 1 is 1.50 bits per heavy atom. The average molecular weight is 295 g/mol. The van der Waals surface area contributed by atoms with E-state index in [1.54, 1.807) is 6.07 Å². The number of nitrogens with two attached hydrogens (primary N) is 1. The van der Waals surface area contributed by atoms with Crippen molar-refractivity contribution in [3.8, 4) is 0 Å². The van der Waals surface area contributed by atoms with Crippen LogP contribution >= 0.6 is 11.3 Å².